The number of nitrogens with zero attached hydrogens (tertiary/aromatic N) is 2. The molecule has 0 aliphatic rings. The standard InChI is InChI=1S/C9H14F2N2O2S/c1-13(2)9(14)8(16-3)12-15-6-4-5-7(10)11/h5H,4,6H2,1-3H3. The second-order valence-corrected chi connectivity index (χ2v) is 3.71. The Hall–Kier alpha value is -1.11. The summed E-state index contributed by atoms with van der Waals surface area (Å²) in [5, 5.41) is 3.76. The molecule has 4 nitrogen and oxygen atoms in total. The topological polar surface area (TPSA) is 41.9 Å². The molecule has 0 atom stereocenters. The van der Waals surface area contributed by atoms with Crippen molar-refractivity contribution in [1.82, 2.24) is 4.90 Å². The van der Waals surface area contributed by atoms with Crippen LogP contribution < -0.4 is 0 Å². The van der Waals surface area contributed by atoms with Crippen LogP contribution in [-0.4, -0.2) is 42.8 Å². The summed E-state index contributed by atoms with van der Waals surface area (Å²) in [5.74, 6) is -0.278. The molecule has 0 heterocycles. The van der Waals surface area contributed by atoms with Gasteiger partial charge in [-0.1, -0.05) is 5.16 Å². The van der Waals surface area contributed by atoms with Gasteiger partial charge in [0.1, 0.15) is 6.61 Å². The third-order valence-corrected chi connectivity index (χ3v) is 2.07. The highest BCUT2D eigenvalue weighted by atomic mass is 32.2. The van der Waals surface area contributed by atoms with E-state index in [-0.39, 0.29) is 24.0 Å². The van der Waals surface area contributed by atoms with Crippen LogP contribution in [0.15, 0.2) is 17.3 Å². The van der Waals surface area contributed by atoms with Crippen molar-refractivity contribution in [3.8, 4) is 0 Å². The van der Waals surface area contributed by atoms with E-state index in [1.165, 1.54) is 4.90 Å². The van der Waals surface area contributed by atoms with Gasteiger partial charge in [-0.3, -0.25) is 4.79 Å². The maximum atomic E-state index is 11.6. The zero-order valence-corrected chi connectivity index (χ0v) is 10.2. The van der Waals surface area contributed by atoms with Crippen molar-refractivity contribution in [2.75, 3.05) is 27.0 Å². The van der Waals surface area contributed by atoms with Gasteiger partial charge in [0.25, 0.3) is 12.0 Å². The molecule has 0 saturated carbocycles. The molecule has 0 saturated heterocycles. The minimum atomic E-state index is -1.75. The fourth-order valence-corrected chi connectivity index (χ4v) is 1.16. The summed E-state index contributed by atoms with van der Waals surface area (Å²) in [7, 11) is 3.19. The van der Waals surface area contributed by atoms with Gasteiger partial charge in [-0.2, -0.15) is 8.78 Å². The van der Waals surface area contributed by atoms with E-state index in [4.69, 9.17) is 4.84 Å². The van der Waals surface area contributed by atoms with Crippen molar-refractivity contribution in [3.63, 3.8) is 0 Å². The van der Waals surface area contributed by atoms with E-state index < -0.39 is 6.08 Å². The Morgan fingerprint density at radius 1 is 1.50 bits per heavy atom. The lowest BCUT2D eigenvalue weighted by molar-refractivity contribution is -0.121. The molecular weight excluding hydrogens is 238 g/mol. The Balaban J connectivity index is 4.09. The van der Waals surface area contributed by atoms with E-state index in [0.717, 1.165) is 17.8 Å². The van der Waals surface area contributed by atoms with Crippen LogP contribution in [0, 0.1) is 0 Å². The quantitative estimate of drug-likeness (QED) is 0.332. The Kier molecular flexibility index (Phi) is 7.53. The minimum absolute atomic E-state index is 0.0160. The van der Waals surface area contributed by atoms with Crippen LogP contribution in [-0.2, 0) is 9.63 Å². The molecule has 0 aliphatic heterocycles. The second kappa shape index (κ2) is 8.09. The van der Waals surface area contributed by atoms with Gasteiger partial charge in [-0.25, -0.2) is 0 Å². The van der Waals surface area contributed by atoms with Crippen molar-refractivity contribution < 1.29 is 18.4 Å². The van der Waals surface area contributed by atoms with Crippen LogP contribution in [0.1, 0.15) is 6.42 Å². The maximum Gasteiger partial charge on any atom is 0.282 e. The van der Waals surface area contributed by atoms with Crippen LogP contribution in [0.4, 0.5) is 8.78 Å². The Morgan fingerprint density at radius 3 is 2.56 bits per heavy atom. The monoisotopic (exact) mass is 252 g/mol. The number of carbonyl (C=O) groups excluding carboxylic acids is 1. The SMILES string of the molecule is CSC(=NOCCC=C(F)F)C(=O)N(C)C. The molecule has 0 N–H and O–H groups in total. The smallest absolute Gasteiger partial charge is 0.282 e. The zero-order chi connectivity index (χ0) is 12.6. The highest BCUT2D eigenvalue weighted by molar-refractivity contribution is 8.15. The average Bonchev–Trinajstić information content (AvgIpc) is 2.22. The fraction of sp³-hybridized carbons (Fsp3) is 0.556. The lowest BCUT2D eigenvalue weighted by atomic mass is 10.4. The van der Waals surface area contributed by atoms with Crippen molar-refractivity contribution in [2.24, 2.45) is 5.16 Å². The molecule has 0 spiro atoms. The largest absolute Gasteiger partial charge is 0.394 e. The first kappa shape index (κ1) is 14.9. The van der Waals surface area contributed by atoms with Gasteiger partial charge < -0.3 is 9.74 Å². The number of rotatable bonds is 4. The van der Waals surface area contributed by atoms with Gasteiger partial charge >= 0.3 is 0 Å². The molecule has 1 amide bonds. The molecule has 0 aromatic rings. The van der Waals surface area contributed by atoms with Gasteiger partial charge in [0.2, 0.25) is 5.04 Å². The number of hydrogen-bond acceptors (Lipinski definition) is 4. The predicted molar refractivity (Wildman–Crippen MR) is 60.5 cm³/mol. The zero-order valence-electron chi connectivity index (χ0n) is 9.37. The molecule has 0 aliphatic carbocycles. The average molecular weight is 252 g/mol. The normalized spacial score (nSPS) is 10.9. The Labute approximate surface area is 97.3 Å². The molecule has 0 radical (unpaired) electrons. The first-order valence-electron chi connectivity index (χ1n) is 4.45. The molecule has 0 rings (SSSR count). The van der Waals surface area contributed by atoms with E-state index in [1.807, 2.05) is 0 Å². The molecule has 0 unspecified atom stereocenters. The first-order chi connectivity index (χ1) is 7.49. The second-order valence-electron chi connectivity index (χ2n) is 2.92. The predicted octanol–water partition coefficient (Wildman–Crippen LogP) is 1.94. The molecule has 92 valence electrons. The van der Waals surface area contributed by atoms with E-state index in [0.29, 0.717) is 0 Å². The molecular formula is C9H14F2N2O2S. The highest BCUT2D eigenvalue weighted by Gasteiger charge is 2.12. The summed E-state index contributed by atoms with van der Waals surface area (Å²) in [6.07, 6.45) is 0.734. The molecule has 0 bridgehead atoms. The Bertz CT molecular complexity index is 289. The molecule has 7 heteroatoms. The van der Waals surface area contributed by atoms with E-state index in [2.05, 4.69) is 5.16 Å². The van der Waals surface area contributed by atoms with E-state index in [1.54, 1.807) is 20.4 Å². The van der Waals surface area contributed by atoms with Gasteiger partial charge in [0.15, 0.2) is 0 Å². The number of amides is 1. The molecule has 16 heavy (non-hydrogen) atoms. The molecule has 0 aromatic heterocycles. The summed E-state index contributed by atoms with van der Waals surface area (Å²) < 4.78 is 23.3. The summed E-state index contributed by atoms with van der Waals surface area (Å²) in [5.41, 5.74) is 0. The Morgan fingerprint density at radius 2 is 2.12 bits per heavy atom. The summed E-state index contributed by atoms with van der Waals surface area (Å²) in [4.78, 5) is 17.5. The van der Waals surface area contributed by atoms with Gasteiger partial charge in [0, 0.05) is 20.5 Å². The van der Waals surface area contributed by atoms with Gasteiger partial charge in [-0.05, 0) is 12.3 Å². The van der Waals surface area contributed by atoms with Crippen LogP contribution >= 0.6 is 11.8 Å². The summed E-state index contributed by atoms with van der Waals surface area (Å²) in [6.45, 7) is 0.0160. The molecule has 0 fully saturated rings. The van der Waals surface area contributed by atoms with Crippen LogP contribution in [0.5, 0.6) is 0 Å². The van der Waals surface area contributed by atoms with Crippen molar-refractivity contribution in [2.45, 2.75) is 6.42 Å². The number of hydrogen-bond donors (Lipinski definition) is 0. The minimum Gasteiger partial charge on any atom is -0.394 e. The summed E-state index contributed by atoms with van der Waals surface area (Å²) >= 11 is 1.14. The number of oxime groups is 1. The first-order valence-corrected chi connectivity index (χ1v) is 5.68. The number of thioether (sulfide) groups is 1. The lowest BCUT2D eigenvalue weighted by Crippen LogP contribution is -2.28. The summed E-state index contributed by atoms with van der Waals surface area (Å²) in [6, 6.07) is 0. The van der Waals surface area contributed by atoms with Crippen molar-refractivity contribution >= 4 is 22.7 Å². The van der Waals surface area contributed by atoms with Crippen LogP contribution in [0.3, 0.4) is 0 Å². The third kappa shape index (κ3) is 6.39. The number of halogens is 2. The van der Waals surface area contributed by atoms with Gasteiger partial charge in [0.05, 0.1) is 0 Å². The van der Waals surface area contributed by atoms with Gasteiger partial charge in [-0.15, -0.1) is 11.8 Å². The van der Waals surface area contributed by atoms with Crippen LogP contribution in [0.2, 0.25) is 0 Å². The number of carbonyl (C=O) groups is 1. The van der Waals surface area contributed by atoms with E-state index in [9.17, 15) is 13.6 Å². The maximum absolute atomic E-state index is 11.6. The highest BCUT2D eigenvalue weighted by Crippen LogP contribution is 2.03. The third-order valence-electron chi connectivity index (χ3n) is 1.44. The molecule has 0 aromatic carbocycles. The van der Waals surface area contributed by atoms with Crippen molar-refractivity contribution in [3.05, 3.63) is 12.2 Å². The van der Waals surface area contributed by atoms with E-state index >= 15 is 0 Å². The van der Waals surface area contributed by atoms with Crippen molar-refractivity contribution in [1.29, 1.82) is 0 Å². The lowest BCUT2D eigenvalue weighted by Gasteiger charge is -2.09. The van der Waals surface area contributed by atoms with Crippen LogP contribution in [0.25, 0.3) is 0 Å². The fourth-order valence-electron chi connectivity index (χ4n) is 0.680.